The van der Waals surface area contributed by atoms with Gasteiger partial charge in [-0.15, -0.1) is 11.3 Å². The van der Waals surface area contributed by atoms with Crippen molar-refractivity contribution >= 4 is 28.7 Å². The number of thiophene rings is 1. The van der Waals surface area contributed by atoms with Crippen LogP contribution in [0.2, 0.25) is 0 Å². The molecule has 0 spiro atoms. The van der Waals surface area contributed by atoms with Crippen LogP contribution in [0.25, 0.3) is 10.8 Å². The largest absolute Gasteiger partial charge is 0.440 e. The van der Waals surface area contributed by atoms with Crippen LogP contribution in [0.4, 0.5) is 11.5 Å². The van der Waals surface area contributed by atoms with Gasteiger partial charge in [-0.1, -0.05) is 6.07 Å². The van der Waals surface area contributed by atoms with Gasteiger partial charge in [-0.2, -0.15) is 0 Å². The highest BCUT2D eigenvalue weighted by molar-refractivity contribution is 7.13. The van der Waals surface area contributed by atoms with Gasteiger partial charge in [0.25, 0.3) is 0 Å². The van der Waals surface area contributed by atoms with E-state index >= 15 is 0 Å². The quantitative estimate of drug-likeness (QED) is 0.740. The van der Waals surface area contributed by atoms with Gasteiger partial charge in [-0.05, 0) is 43.3 Å². The van der Waals surface area contributed by atoms with E-state index in [1.54, 1.807) is 17.5 Å². The number of nitrogens with one attached hydrogen (secondary N) is 1. The summed E-state index contributed by atoms with van der Waals surface area (Å²) in [6.45, 7) is 3.80. The van der Waals surface area contributed by atoms with Gasteiger partial charge in [0, 0.05) is 19.3 Å². The van der Waals surface area contributed by atoms with E-state index in [2.05, 4.69) is 20.2 Å². The lowest BCUT2D eigenvalue weighted by molar-refractivity contribution is -0.115. The molecule has 4 heterocycles. The molecule has 1 saturated heterocycles. The molecule has 1 aliphatic rings. The van der Waals surface area contributed by atoms with Crippen LogP contribution in [-0.2, 0) is 11.2 Å². The SMILES string of the molecule is Cc1oc(-c2cccs2)nc1CC(=O)Nc1cccnc1N1CCCC1. The van der Waals surface area contributed by atoms with Crippen molar-refractivity contribution in [3.05, 3.63) is 47.3 Å². The Bertz CT molecular complexity index is 898. The van der Waals surface area contributed by atoms with Gasteiger partial charge in [-0.25, -0.2) is 9.97 Å². The lowest BCUT2D eigenvalue weighted by atomic mass is 10.2. The Hall–Kier alpha value is -2.67. The lowest BCUT2D eigenvalue weighted by Crippen LogP contribution is -2.23. The summed E-state index contributed by atoms with van der Waals surface area (Å²) < 4.78 is 5.71. The molecule has 26 heavy (non-hydrogen) atoms. The lowest BCUT2D eigenvalue weighted by Gasteiger charge is -2.19. The highest BCUT2D eigenvalue weighted by Crippen LogP contribution is 2.28. The first kappa shape index (κ1) is 16.8. The minimum Gasteiger partial charge on any atom is -0.440 e. The first-order valence-electron chi connectivity index (χ1n) is 8.71. The minimum atomic E-state index is -0.118. The van der Waals surface area contributed by atoms with Crippen molar-refractivity contribution in [2.75, 3.05) is 23.3 Å². The van der Waals surface area contributed by atoms with Crippen molar-refractivity contribution in [3.8, 4) is 10.8 Å². The summed E-state index contributed by atoms with van der Waals surface area (Å²) in [6, 6.07) is 7.64. The number of carbonyl (C=O) groups excluding carboxylic acids is 1. The summed E-state index contributed by atoms with van der Waals surface area (Å²) in [5, 5.41) is 4.96. The van der Waals surface area contributed by atoms with E-state index in [-0.39, 0.29) is 12.3 Å². The molecule has 134 valence electrons. The fourth-order valence-corrected chi connectivity index (χ4v) is 3.77. The first-order chi connectivity index (χ1) is 12.7. The van der Waals surface area contributed by atoms with Crippen LogP contribution < -0.4 is 10.2 Å². The van der Waals surface area contributed by atoms with Crippen molar-refractivity contribution in [2.45, 2.75) is 26.2 Å². The first-order valence-corrected chi connectivity index (χ1v) is 9.58. The second-order valence-corrected chi connectivity index (χ2v) is 7.24. The van der Waals surface area contributed by atoms with Crippen LogP contribution >= 0.6 is 11.3 Å². The second-order valence-electron chi connectivity index (χ2n) is 6.29. The van der Waals surface area contributed by atoms with E-state index in [1.165, 1.54) is 0 Å². The van der Waals surface area contributed by atoms with Crippen molar-refractivity contribution < 1.29 is 9.21 Å². The molecule has 0 aliphatic carbocycles. The fraction of sp³-hybridized carbons (Fsp3) is 0.316. The van der Waals surface area contributed by atoms with Crippen LogP contribution in [0.3, 0.4) is 0 Å². The number of rotatable bonds is 5. The topological polar surface area (TPSA) is 71.3 Å². The van der Waals surface area contributed by atoms with Crippen LogP contribution in [0.15, 0.2) is 40.3 Å². The molecule has 0 aromatic carbocycles. The molecule has 1 fully saturated rings. The highest BCUT2D eigenvalue weighted by Gasteiger charge is 2.19. The molecule has 1 N–H and O–H groups in total. The number of oxazole rings is 1. The number of aryl methyl sites for hydroxylation is 1. The zero-order chi connectivity index (χ0) is 17.9. The molecule has 0 bridgehead atoms. The summed E-state index contributed by atoms with van der Waals surface area (Å²) in [7, 11) is 0. The number of hydrogen-bond donors (Lipinski definition) is 1. The Kier molecular flexibility index (Phi) is 4.71. The Balaban J connectivity index is 1.48. The van der Waals surface area contributed by atoms with E-state index in [0.29, 0.717) is 17.3 Å². The van der Waals surface area contributed by atoms with E-state index in [0.717, 1.165) is 42.3 Å². The summed E-state index contributed by atoms with van der Waals surface area (Å²) in [5.41, 5.74) is 1.41. The number of anilines is 2. The van der Waals surface area contributed by atoms with Gasteiger partial charge in [0.1, 0.15) is 5.76 Å². The maximum absolute atomic E-state index is 12.6. The van der Waals surface area contributed by atoms with Crippen molar-refractivity contribution in [1.82, 2.24) is 9.97 Å². The summed E-state index contributed by atoms with van der Waals surface area (Å²) in [6.07, 6.45) is 4.26. The van der Waals surface area contributed by atoms with E-state index in [4.69, 9.17) is 4.42 Å². The fourth-order valence-electron chi connectivity index (χ4n) is 3.12. The predicted octanol–water partition coefficient (Wildman–Crippen LogP) is 3.89. The number of hydrogen-bond acceptors (Lipinski definition) is 6. The highest BCUT2D eigenvalue weighted by atomic mass is 32.1. The van der Waals surface area contributed by atoms with Crippen LogP contribution in [-0.4, -0.2) is 29.0 Å². The average Bonchev–Trinajstić information content (AvgIpc) is 3.37. The van der Waals surface area contributed by atoms with Gasteiger partial charge in [0.15, 0.2) is 5.82 Å². The maximum Gasteiger partial charge on any atom is 0.236 e. The smallest absolute Gasteiger partial charge is 0.236 e. The standard InChI is InChI=1S/C19H20N4O2S/c1-13-15(22-19(25-13)16-7-5-11-26-16)12-17(24)21-14-6-4-8-20-18(14)23-9-2-3-10-23/h4-8,11H,2-3,9-10,12H2,1H3,(H,21,24). The van der Waals surface area contributed by atoms with Gasteiger partial charge in [-0.3, -0.25) is 4.79 Å². The summed E-state index contributed by atoms with van der Waals surface area (Å²) >= 11 is 1.57. The molecule has 0 atom stereocenters. The average molecular weight is 368 g/mol. The van der Waals surface area contributed by atoms with Crippen LogP contribution in [0, 0.1) is 6.92 Å². The van der Waals surface area contributed by atoms with E-state index in [9.17, 15) is 4.79 Å². The molecular formula is C19H20N4O2S. The predicted molar refractivity (Wildman–Crippen MR) is 103 cm³/mol. The van der Waals surface area contributed by atoms with Crippen molar-refractivity contribution in [3.63, 3.8) is 0 Å². The Morgan fingerprint density at radius 2 is 2.15 bits per heavy atom. The molecule has 7 heteroatoms. The Morgan fingerprint density at radius 1 is 1.31 bits per heavy atom. The third-order valence-corrected chi connectivity index (χ3v) is 5.28. The third kappa shape index (κ3) is 3.48. The van der Waals surface area contributed by atoms with Gasteiger partial charge >= 0.3 is 0 Å². The molecular weight excluding hydrogens is 348 g/mol. The zero-order valence-corrected chi connectivity index (χ0v) is 15.4. The van der Waals surface area contributed by atoms with E-state index in [1.807, 2.05) is 36.6 Å². The molecule has 3 aromatic heterocycles. The van der Waals surface area contributed by atoms with Crippen LogP contribution in [0.5, 0.6) is 0 Å². The van der Waals surface area contributed by atoms with Gasteiger partial charge < -0.3 is 14.6 Å². The molecule has 1 aliphatic heterocycles. The monoisotopic (exact) mass is 368 g/mol. The number of amides is 1. The number of aromatic nitrogens is 2. The van der Waals surface area contributed by atoms with Crippen molar-refractivity contribution in [1.29, 1.82) is 0 Å². The Labute approximate surface area is 155 Å². The molecule has 6 nitrogen and oxygen atoms in total. The molecule has 0 radical (unpaired) electrons. The number of pyridine rings is 1. The van der Waals surface area contributed by atoms with Crippen LogP contribution in [0.1, 0.15) is 24.3 Å². The van der Waals surface area contributed by atoms with E-state index < -0.39 is 0 Å². The molecule has 3 aromatic rings. The Morgan fingerprint density at radius 3 is 2.92 bits per heavy atom. The molecule has 0 saturated carbocycles. The summed E-state index contributed by atoms with van der Waals surface area (Å²) in [5.74, 6) is 1.97. The second kappa shape index (κ2) is 7.29. The third-order valence-electron chi connectivity index (χ3n) is 4.42. The van der Waals surface area contributed by atoms with Gasteiger partial charge in [0.2, 0.25) is 11.8 Å². The maximum atomic E-state index is 12.6. The molecule has 0 unspecified atom stereocenters. The number of carbonyl (C=O) groups is 1. The molecule has 4 rings (SSSR count). The van der Waals surface area contributed by atoms with Gasteiger partial charge in [0.05, 0.1) is 22.7 Å². The minimum absolute atomic E-state index is 0.118. The molecule has 1 amide bonds. The normalized spacial score (nSPS) is 14.0. The summed E-state index contributed by atoms with van der Waals surface area (Å²) in [4.78, 5) is 24.7. The van der Waals surface area contributed by atoms with Crippen molar-refractivity contribution in [2.24, 2.45) is 0 Å². The number of nitrogens with zero attached hydrogens (tertiary/aromatic N) is 3. The zero-order valence-electron chi connectivity index (χ0n) is 14.6.